The Hall–Kier alpha value is -1.25. The first kappa shape index (κ1) is 18.1. The second-order valence-electron chi connectivity index (χ2n) is 5.62. The van der Waals surface area contributed by atoms with Gasteiger partial charge >= 0.3 is 12.1 Å². The number of hydrogen-bond donors (Lipinski definition) is 2. The highest BCUT2D eigenvalue weighted by Crippen LogP contribution is 2.43. The van der Waals surface area contributed by atoms with Crippen molar-refractivity contribution in [3.63, 3.8) is 0 Å². The number of ether oxygens (including phenoxy) is 1. The molecule has 1 aromatic rings. The van der Waals surface area contributed by atoms with Crippen LogP contribution in [0.25, 0.3) is 0 Å². The van der Waals surface area contributed by atoms with Gasteiger partial charge in [0.05, 0.1) is 12.2 Å². The minimum Gasteiger partial charge on any atom is -0.475 e. The lowest BCUT2D eigenvalue weighted by atomic mass is 9.81. The fourth-order valence-corrected chi connectivity index (χ4v) is 3.52. The van der Waals surface area contributed by atoms with Gasteiger partial charge in [0, 0.05) is 23.9 Å². The van der Waals surface area contributed by atoms with E-state index in [1.54, 1.807) is 0 Å². The van der Waals surface area contributed by atoms with Crippen LogP contribution in [0.1, 0.15) is 24.0 Å². The van der Waals surface area contributed by atoms with E-state index in [2.05, 4.69) is 36.7 Å². The molecular weight excluding hydrogens is 331 g/mol. The number of fused-ring (bicyclic) bond motifs is 3. The normalized spacial score (nSPS) is 25.9. The molecule has 0 unspecified atom stereocenters. The summed E-state index contributed by atoms with van der Waals surface area (Å²) in [6.45, 7) is 5.01. The Morgan fingerprint density at radius 3 is 2.70 bits per heavy atom. The van der Waals surface area contributed by atoms with Crippen molar-refractivity contribution in [2.24, 2.45) is 0 Å². The van der Waals surface area contributed by atoms with E-state index in [-0.39, 0.29) is 5.60 Å². The molecule has 1 saturated heterocycles. The summed E-state index contributed by atoms with van der Waals surface area (Å²) in [6, 6.07) is 6.64. The lowest BCUT2D eigenvalue weighted by Gasteiger charge is -2.37. The van der Waals surface area contributed by atoms with E-state index in [4.69, 9.17) is 14.6 Å². The van der Waals surface area contributed by atoms with Gasteiger partial charge in [0.1, 0.15) is 0 Å². The predicted octanol–water partition coefficient (Wildman–Crippen LogP) is 3.02. The van der Waals surface area contributed by atoms with Gasteiger partial charge in [-0.25, -0.2) is 4.79 Å². The summed E-state index contributed by atoms with van der Waals surface area (Å²) in [7, 11) is 0. The maximum Gasteiger partial charge on any atom is 0.490 e. The van der Waals surface area contributed by atoms with Crippen LogP contribution in [0, 0.1) is 0 Å². The molecule has 2 aliphatic heterocycles. The monoisotopic (exact) mass is 349 g/mol. The van der Waals surface area contributed by atoms with E-state index < -0.39 is 12.1 Å². The fraction of sp³-hybridized carbons (Fsp3) is 0.533. The number of carboxylic acids is 1. The van der Waals surface area contributed by atoms with Crippen LogP contribution in [-0.2, 0) is 16.1 Å². The summed E-state index contributed by atoms with van der Waals surface area (Å²) in [5.74, 6) is -2.24. The quantitative estimate of drug-likeness (QED) is 0.764. The van der Waals surface area contributed by atoms with Crippen molar-refractivity contribution in [3.05, 3.63) is 29.3 Å². The van der Waals surface area contributed by atoms with Crippen molar-refractivity contribution in [2.45, 2.75) is 36.1 Å². The van der Waals surface area contributed by atoms with E-state index in [0.29, 0.717) is 5.92 Å². The third kappa shape index (κ3) is 3.81. The summed E-state index contributed by atoms with van der Waals surface area (Å²) in [6.07, 6.45) is -2.95. The van der Waals surface area contributed by atoms with E-state index >= 15 is 0 Å². The molecule has 0 spiro atoms. The first-order chi connectivity index (χ1) is 10.7. The van der Waals surface area contributed by atoms with Gasteiger partial charge < -0.3 is 15.2 Å². The fourth-order valence-electron chi connectivity index (χ4n) is 2.89. The standard InChI is InChI=1S/C13H17NOS.C2HF3O2/c1-13-8-14-6-11(13)9-4-3-5-12(16-2)10(9)7-15-13;3-2(4,5)1(6)7/h3-5,11,14H,6-8H2,1-2H3;(H,6,7)/t11-,13-;/m1./s1. The van der Waals surface area contributed by atoms with Crippen LogP contribution < -0.4 is 5.32 Å². The summed E-state index contributed by atoms with van der Waals surface area (Å²) in [5, 5.41) is 10.6. The van der Waals surface area contributed by atoms with Crippen molar-refractivity contribution in [1.29, 1.82) is 0 Å². The zero-order valence-electron chi connectivity index (χ0n) is 12.7. The van der Waals surface area contributed by atoms with Gasteiger partial charge in [0.2, 0.25) is 0 Å². The van der Waals surface area contributed by atoms with E-state index in [1.165, 1.54) is 16.0 Å². The highest BCUT2D eigenvalue weighted by molar-refractivity contribution is 7.98. The number of nitrogens with one attached hydrogen (secondary N) is 1. The van der Waals surface area contributed by atoms with Crippen LogP contribution in [0.5, 0.6) is 0 Å². The molecule has 1 fully saturated rings. The number of thioether (sulfide) groups is 1. The van der Waals surface area contributed by atoms with Crippen molar-refractivity contribution >= 4 is 17.7 Å². The molecule has 0 aromatic heterocycles. The Morgan fingerprint density at radius 1 is 1.48 bits per heavy atom. The molecule has 2 atom stereocenters. The molecule has 0 aliphatic carbocycles. The Balaban J connectivity index is 0.000000236. The zero-order chi connectivity index (χ0) is 17.3. The van der Waals surface area contributed by atoms with Crippen LogP contribution in [0.3, 0.4) is 0 Å². The summed E-state index contributed by atoms with van der Waals surface area (Å²) in [5.41, 5.74) is 2.90. The van der Waals surface area contributed by atoms with Gasteiger partial charge in [0.15, 0.2) is 0 Å². The van der Waals surface area contributed by atoms with Gasteiger partial charge in [-0.15, -0.1) is 11.8 Å². The van der Waals surface area contributed by atoms with E-state index in [0.717, 1.165) is 19.7 Å². The molecule has 0 radical (unpaired) electrons. The average Bonchev–Trinajstić information content (AvgIpc) is 2.88. The van der Waals surface area contributed by atoms with Crippen molar-refractivity contribution < 1.29 is 27.8 Å². The molecule has 3 rings (SSSR count). The topological polar surface area (TPSA) is 58.6 Å². The van der Waals surface area contributed by atoms with Crippen molar-refractivity contribution in [3.8, 4) is 0 Å². The van der Waals surface area contributed by atoms with Gasteiger partial charge in [-0.1, -0.05) is 12.1 Å². The lowest BCUT2D eigenvalue weighted by Crippen LogP contribution is -2.39. The van der Waals surface area contributed by atoms with Crippen LogP contribution >= 0.6 is 11.8 Å². The van der Waals surface area contributed by atoms with Gasteiger partial charge in [0.25, 0.3) is 0 Å². The highest BCUT2D eigenvalue weighted by Gasteiger charge is 2.44. The van der Waals surface area contributed by atoms with Gasteiger partial charge in [-0.3, -0.25) is 0 Å². The molecule has 0 amide bonds. The molecule has 128 valence electrons. The third-order valence-corrected chi connectivity index (χ3v) is 4.94. The molecule has 2 aliphatic rings. The summed E-state index contributed by atoms with van der Waals surface area (Å²) in [4.78, 5) is 10.3. The molecule has 0 saturated carbocycles. The predicted molar refractivity (Wildman–Crippen MR) is 80.7 cm³/mol. The van der Waals surface area contributed by atoms with Crippen molar-refractivity contribution in [2.75, 3.05) is 19.3 Å². The maximum absolute atomic E-state index is 10.6. The number of benzene rings is 1. The summed E-state index contributed by atoms with van der Waals surface area (Å²) >= 11 is 1.82. The Bertz CT molecular complexity index is 594. The number of hydrogen-bond acceptors (Lipinski definition) is 4. The number of rotatable bonds is 1. The smallest absolute Gasteiger partial charge is 0.475 e. The first-order valence-electron chi connectivity index (χ1n) is 6.99. The number of carbonyl (C=O) groups is 1. The first-order valence-corrected chi connectivity index (χ1v) is 8.22. The van der Waals surface area contributed by atoms with Crippen LogP contribution in [0.2, 0.25) is 0 Å². The molecule has 0 bridgehead atoms. The van der Waals surface area contributed by atoms with Gasteiger partial charge in [-0.2, -0.15) is 13.2 Å². The highest BCUT2D eigenvalue weighted by atomic mass is 32.2. The Kier molecular flexibility index (Phi) is 5.27. The maximum atomic E-state index is 10.6. The molecule has 23 heavy (non-hydrogen) atoms. The Morgan fingerprint density at radius 2 is 2.13 bits per heavy atom. The van der Waals surface area contributed by atoms with Crippen molar-refractivity contribution in [1.82, 2.24) is 5.32 Å². The van der Waals surface area contributed by atoms with Gasteiger partial charge in [-0.05, 0) is 30.4 Å². The zero-order valence-corrected chi connectivity index (χ0v) is 13.6. The van der Waals surface area contributed by atoms with E-state index in [1.807, 2.05) is 11.8 Å². The number of halogens is 3. The SMILES string of the molecule is CSc1cccc2c1CO[C@]1(C)CNC[C@H]21.O=C(O)C(F)(F)F. The third-order valence-electron chi connectivity index (χ3n) is 4.11. The second-order valence-corrected chi connectivity index (χ2v) is 6.46. The minimum absolute atomic E-state index is 0.00400. The number of carboxylic acid groups (broad SMARTS) is 1. The molecule has 2 N–H and O–H groups in total. The number of alkyl halides is 3. The molecule has 8 heteroatoms. The van der Waals surface area contributed by atoms with Crippen LogP contribution in [-0.4, -0.2) is 42.2 Å². The van der Waals surface area contributed by atoms with Crippen LogP contribution in [0.15, 0.2) is 23.1 Å². The number of aliphatic carboxylic acids is 1. The van der Waals surface area contributed by atoms with E-state index in [9.17, 15) is 13.2 Å². The molecule has 4 nitrogen and oxygen atoms in total. The largest absolute Gasteiger partial charge is 0.490 e. The van der Waals surface area contributed by atoms with Crippen LogP contribution in [0.4, 0.5) is 13.2 Å². The summed E-state index contributed by atoms with van der Waals surface area (Å²) < 4.78 is 37.8. The molecule has 2 heterocycles. The lowest BCUT2D eigenvalue weighted by molar-refractivity contribution is -0.192. The second kappa shape index (κ2) is 6.70. The molecular formula is C15H18F3NO3S. The Labute approximate surface area is 136 Å². The minimum atomic E-state index is -5.08. The average molecular weight is 349 g/mol. The molecule has 1 aromatic carbocycles.